The molecule has 182 valence electrons. The molecule has 0 saturated heterocycles. The molecule has 2 aromatic carbocycles. The molecule has 1 saturated carbocycles. The van der Waals surface area contributed by atoms with Gasteiger partial charge in [0.25, 0.3) is 5.91 Å². The third-order valence-electron chi connectivity index (χ3n) is 6.56. The summed E-state index contributed by atoms with van der Waals surface area (Å²) in [6.45, 7) is 3.39. The van der Waals surface area contributed by atoms with E-state index in [9.17, 15) is 9.59 Å². The molecule has 1 fully saturated rings. The van der Waals surface area contributed by atoms with Crippen LogP contribution in [0.2, 0.25) is 0 Å². The number of esters is 1. The molecule has 0 N–H and O–H groups in total. The summed E-state index contributed by atoms with van der Waals surface area (Å²) in [5.74, 6) is 0.223. The van der Waals surface area contributed by atoms with Crippen molar-refractivity contribution >= 4 is 34.2 Å². The smallest absolute Gasteiger partial charge is 0.342 e. The first-order valence-corrected chi connectivity index (χ1v) is 12.1. The molecule has 8 heteroatoms. The maximum Gasteiger partial charge on any atom is 0.342 e. The lowest BCUT2D eigenvalue weighted by atomic mass is 10.1. The highest BCUT2D eigenvalue weighted by Crippen LogP contribution is 2.41. The van der Waals surface area contributed by atoms with Crippen LogP contribution in [0.5, 0.6) is 11.5 Å². The molecule has 1 aliphatic carbocycles. The zero-order valence-corrected chi connectivity index (χ0v) is 19.8. The molecule has 0 atom stereocenters. The van der Waals surface area contributed by atoms with Crippen molar-refractivity contribution in [2.24, 2.45) is 0 Å². The van der Waals surface area contributed by atoms with Crippen LogP contribution in [0.4, 0.5) is 11.4 Å². The number of hydrogen-bond donors (Lipinski definition) is 0. The summed E-state index contributed by atoms with van der Waals surface area (Å²) in [4.78, 5) is 34.5. The van der Waals surface area contributed by atoms with Crippen molar-refractivity contribution in [2.45, 2.75) is 25.8 Å². The summed E-state index contributed by atoms with van der Waals surface area (Å²) < 4.78 is 16.8. The highest BCUT2D eigenvalue weighted by molar-refractivity contribution is 6.10. The van der Waals surface area contributed by atoms with Gasteiger partial charge in [0.1, 0.15) is 34.5 Å². The second kappa shape index (κ2) is 9.03. The van der Waals surface area contributed by atoms with Crippen LogP contribution in [0.3, 0.4) is 0 Å². The molecule has 6 rings (SSSR count). The molecule has 3 heterocycles. The summed E-state index contributed by atoms with van der Waals surface area (Å²) in [7, 11) is 0. The predicted molar refractivity (Wildman–Crippen MR) is 135 cm³/mol. The summed E-state index contributed by atoms with van der Waals surface area (Å²) in [6, 6.07) is 15.4. The van der Waals surface area contributed by atoms with Crippen molar-refractivity contribution in [3.8, 4) is 11.5 Å². The van der Waals surface area contributed by atoms with Gasteiger partial charge in [0, 0.05) is 36.9 Å². The molecule has 2 aromatic heterocycles. The fourth-order valence-corrected chi connectivity index (χ4v) is 4.70. The van der Waals surface area contributed by atoms with Crippen LogP contribution in [-0.2, 0) is 4.74 Å². The zero-order valence-electron chi connectivity index (χ0n) is 19.8. The first kappa shape index (κ1) is 22.2. The van der Waals surface area contributed by atoms with Crippen LogP contribution in [0, 0.1) is 0 Å². The standard InChI is InChI=1S/C28H25N3O5/c1-2-34-28(33)22-17-35-25-10-9-19(15-20(22)25)36-26-11-12-29-16-21(26)27(32)31-14-13-30(18-7-8-18)23-5-3-4-6-24(23)31/h3-6,9-12,15-18H,2,7-8,13-14H2,1H3. The van der Waals surface area contributed by atoms with Gasteiger partial charge in [-0.25, -0.2) is 4.79 Å². The van der Waals surface area contributed by atoms with E-state index < -0.39 is 5.97 Å². The third kappa shape index (κ3) is 3.94. The second-order valence-electron chi connectivity index (χ2n) is 8.87. The normalized spacial score (nSPS) is 15.0. The molecule has 1 aliphatic heterocycles. The van der Waals surface area contributed by atoms with Gasteiger partial charge >= 0.3 is 5.97 Å². The van der Waals surface area contributed by atoms with Crippen LogP contribution in [0.15, 0.2) is 71.6 Å². The maximum absolute atomic E-state index is 13.8. The Morgan fingerprint density at radius 1 is 1.06 bits per heavy atom. The lowest BCUT2D eigenvalue weighted by molar-refractivity contribution is 0.0527. The fourth-order valence-electron chi connectivity index (χ4n) is 4.70. The van der Waals surface area contributed by atoms with Crippen LogP contribution in [-0.4, -0.2) is 42.6 Å². The quantitative estimate of drug-likeness (QED) is 0.338. The lowest BCUT2D eigenvalue weighted by Crippen LogP contribution is -2.45. The first-order valence-electron chi connectivity index (χ1n) is 12.1. The molecule has 1 amide bonds. The molecule has 0 spiro atoms. The Balaban J connectivity index is 1.31. The molecule has 2 aliphatic rings. The summed E-state index contributed by atoms with van der Waals surface area (Å²) >= 11 is 0. The van der Waals surface area contributed by atoms with Crippen molar-refractivity contribution in [1.29, 1.82) is 0 Å². The van der Waals surface area contributed by atoms with E-state index in [1.165, 1.54) is 25.3 Å². The van der Waals surface area contributed by atoms with E-state index in [0.717, 1.165) is 17.9 Å². The van der Waals surface area contributed by atoms with Crippen molar-refractivity contribution in [3.63, 3.8) is 0 Å². The summed E-state index contributed by atoms with van der Waals surface area (Å²) in [6.07, 6.45) is 6.90. The highest BCUT2D eigenvalue weighted by atomic mass is 16.5. The van der Waals surface area contributed by atoms with Crippen LogP contribution < -0.4 is 14.5 Å². The monoisotopic (exact) mass is 483 g/mol. The highest BCUT2D eigenvalue weighted by Gasteiger charge is 2.36. The van der Waals surface area contributed by atoms with E-state index >= 15 is 0 Å². The number of anilines is 2. The van der Waals surface area contributed by atoms with E-state index in [4.69, 9.17) is 13.9 Å². The Morgan fingerprint density at radius 3 is 2.69 bits per heavy atom. The Morgan fingerprint density at radius 2 is 1.89 bits per heavy atom. The Bertz CT molecular complexity index is 1460. The Labute approximate surface area is 208 Å². The van der Waals surface area contributed by atoms with Crippen LogP contribution in [0.25, 0.3) is 11.0 Å². The van der Waals surface area contributed by atoms with Crippen molar-refractivity contribution in [1.82, 2.24) is 4.98 Å². The van der Waals surface area contributed by atoms with Gasteiger partial charge in [0.15, 0.2) is 0 Å². The molecule has 4 aromatic rings. The van der Waals surface area contributed by atoms with Crippen molar-refractivity contribution in [2.75, 3.05) is 29.5 Å². The number of fused-ring (bicyclic) bond motifs is 2. The molecule has 36 heavy (non-hydrogen) atoms. The number of pyridine rings is 1. The maximum atomic E-state index is 13.8. The molecule has 0 unspecified atom stereocenters. The minimum atomic E-state index is -0.461. The molecule has 0 radical (unpaired) electrons. The number of ether oxygens (including phenoxy) is 2. The Kier molecular flexibility index (Phi) is 5.56. The van der Waals surface area contributed by atoms with E-state index in [-0.39, 0.29) is 12.5 Å². The number of aromatic nitrogens is 1. The van der Waals surface area contributed by atoms with Crippen molar-refractivity contribution in [3.05, 3.63) is 78.3 Å². The largest absolute Gasteiger partial charge is 0.463 e. The number of furan rings is 1. The van der Waals surface area contributed by atoms with Crippen molar-refractivity contribution < 1.29 is 23.5 Å². The van der Waals surface area contributed by atoms with E-state index in [0.29, 0.717) is 46.2 Å². The number of carbonyl (C=O) groups excluding carboxylic acids is 2. The van der Waals surface area contributed by atoms with Gasteiger partial charge in [-0.05, 0) is 56.2 Å². The number of nitrogens with zero attached hydrogens (tertiary/aromatic N) is 3. The number of carbonyl (C=O) groups is 2. The van der Waals surface area contributed by atoms with Gasteiger partial charge in [-0.2, -0.15) is 0 Å². The predicted octanol–water partition coefficient (Wildman–Crippen LogP) is 5.43. The number of amides is 1. The average Bonchev–Trinajstić information content (AvgIpc) is 3.66. The first-order chi connectivity index (χ1) is 17.6. The van der Waals surface area contributed by atoms with Crippen LogP contribution in [0.1, 0.15) is 40.5 Å². The molecular weight excluding hydrogens is 458 g/mol. The number of hydrogen-bond acceptors (Lipinski definition) is 7. The third-order valence-corrected chi connectivity index (χ3v) is 6.56. The van der Waals surface area contributed by atoms with Gasteiger partial charge in [-0.3, -0.25) is 9.78 Å². The zero-order chi connectivity index (χ0) is 24.6. The number of benzene rings is 2. The topological polar surface area (TPSA) is 85.1 Å². The van der Waals surface area contributed by atoms with Crippen LogP contribution >= 0.6 is 0 Å². The van der Waals surface area contributed by atoms with Gasteiger partial charge in [-0.1, -0.05) is 12.1 Å². The number of rotatable bonds is 6. The van der Waals surface area contributed by atoms with Gasteiger partial charge in [-0.15, -0.1) is 0 Å². The second-order valence-corrected chi connectivity index (χ2v) is 8.87. The molecule has 8 nitrogen and oxygen atoms in total. The Hall–Kier alpha value is -4.33. The van der Waals surface area contributed by atoms with E-state index in [1.807, 2.05) is 18.2 Å². The van der Waals surface area contributed by atoms with Gasteiger partial charge in [0.2, 0.25) is 0 Å². The SMILES string of the molecule is CCOC(=O)c1coc2ccc(Oc3ccncc3C(=O)N3CCN(C4CC4)c4ccccc43)cc12. The molecular formula is C28H25N3O5. The lowest BCUT2D eigenvalue weighted by Gasteiger charge is -2.38. The summed E-state index contributed by atoms with van der Waals surface area (Å²) in [5.41, 5.74) is 3.22. The fraction of sp³-hybridized carbons (Fsp3) is 0.250. The van der Waals surface area contributed by atoms with E-state index in [1.54, 1.807) is 42.3 Å². The molecule has 0 bridgehead atoms. The average molecular weight is 484 g/mol. The minimum Gasteiger partial charge on any atom is -0.463 e. The van der Waals surface area contributed by atoms with Gasteiger partial charge < -0.3 is 23.7 Å². The summed E-state index contributed by atoms with van der Waals surface area (Å²) in [5, 5.41) is 0.581. The number of para-hydroxylation sites is 2. The minimum absolute atomic E-state index is 0.169. The van der Waals surface area contributed by atoms with E-state index in [2.05, 4.69) is 16.0 Å². The van der Waals surface area contributed by atoms with Gasteiger partial charge in [0.05, 0.1) is 18.0 Å².